The number of imidazole rings is 2. The second-order valence-corrected chi connectivity index (χ2v) is 17.2. The minimum Gasteiger partial charge on any atom is -0.488 e. The van der Waals surface area contributed by atoms with E-state index in [9.17, 15) is 14.4 Å². The molecule has 3 fully saturated rings. The zero-order valence-corrected chi connectivity index (χ0v) is 34.7. The minimum atomic E-state index is -0.699. The molecule has 0 spiro atoms. The number of carbonyl (C=O) groups excluding carboxylic acids is 3. The number of H-pyrrole nitrogens is 2. The number of rotatable bonds is 9. The van der Waals surface area contributed by atoms with Crippen molar-refractivity contribution >= 4 is 39.7 Å². The molecular weight excluding hydrogens is 747 g/mol. The van der Waals surface area contributed by atoms with Gasteiger partial charge in [0.2, 0.25) is 11.8 Å². The summed E-state index contributed by atoms with van der Waals surface area (Å²) in [5.41, 5.74) is 6.92. The average Bonchev–Trinajstić information content (AvgIpc) is 4.07. The molecule has 6 heterocycles. The molecule has 59 heavy (non-hydrogen) atoms. The fraction of sp³-hybridized carbons (Fsp3) is 0.500. The van der Waals surface area contributed by atoms with E-state index in [2.05, 4.69) is 90.3 Å². The molecule has 2 aromatic heterocycles. The van der Waals surface area contributed by atoms with E-state index in [1.54, 1.807) is 0 Å². The van der Waals surface area contributed by atoms with Gasteiger partial charge in [0, 0.05) is 42.7 Å². The highest BCUT2D eigenvalue weighted by molar-refractivity contribution is 6.07. The van der Waals surface area contributed by atoms with E-state index in [0.717, 1.165) is 99.3 Å². The lowest BCUT2D eigenvalue weighted by atomic mass is 9.90. The van der Waals surface area contributed by atoms with Crippen LogP contribution in [0, 0.1) is 11.8 Å². The first kappa shape index (κ1) is 39.1. The molecule has 3 amide bonds. The summed E-state index contributed by atoms with van der Waals surface area (Å²) in [5.74, 6) is 2.82. The van der Waals surface area contributed by atoms with Crippen molar-refractivity contribution in [1.82, 2.24) is 35.1 Å². The Morgan fingerprint density at radius 2 is 1.68 bits per heavy atom. The maximum atomic E-state index is 14.3. The maximum absolute atomic E-state index is 14.3. The average molecular weight is 802 g/mol. The molecule has 4 aliphatic rings. The number of nitrogens with zero attached hydrogens (tertiary/aromatic N) is 4. The summed E-state index contributed by atoms with van der Waals surface area (Å²) in [5, 5.41) is 4.94. The standard InChI is InChI=1S/C46H55N7O6/c1-6-25(2)19-40(54)52-26(3)7-14-38(52)44-48-35-12-10-29-21-34-32-11-9-30(20-31(32)24-59-39(34)22-33(29)42(35)50-44)36-23-47-43(49-36)37-13-8-27(4)53(37)45(55)41(51-46(56)57-5)28-15-17-58-18-16-28/h9-12,20-23,25-28,37-38,41H,6-8,13-19,24H2,1-5H3,(H,47,49)(H,48,50)(H,51,56)/t25?,26-,27-,37?,38?,41?/m0/s1. The zero-order valence-electron chi connectivity index (χ0n) is 34.7. The fourth-order valence-electron chi connectivity index (χ4n) is 9.90. The van der Waals surface area contributed by atoms with Gasteiger partial charge in [-0.2, -0.15) is 0 Å². The van der Waals surface area contributed by atoms with Crippen LogP contribution in [0.25, 0.3) is 44.2 Å². The highest BCUT2D eigenvalue weighted by Crippen LogP contribution is 2.44. The van der Waals surface area contributed by atoms with E-state index in [0.29, 0.717) is 45.0 Å². The molecule has 3 saturated heterocycles. The minimum absolute atomic E-state index is 0.0115. The van der Waals surface area contributed by atoms with Gasteiger partial charge in [0.1, 0.15) is 30.0 Å². The Morgan fingerprint density at radius 3 is 2.44 bits per heavy atom. The predicted octanol–water partition coefficient (Wildman–Crippen LogP) is 8.36. The molecule has 0 saturated carbocycles. The molecule has 13 heteroatoms. The van der Waals surface area contributed by atoms with Crippen molar-refractivity contribution in [2.24, 2.45) is 11.8 Å². The van der Waals surface area contributed by atoms with Crippen LogP contribution in [-0.4, -0.2) is 86.1 Å². The number of likely N-dealkylation sites (tertiary alicyclic amines) is 2. The van der Waals surface area contributed by atoms with Gasteiger partial charge >= 0.3 is 6.09 Å². The summed E-state index contributed by atoms with van der Waals surface area (Å²) in [6, 6.07) is 14.1. The number of hydrogen-bond donors (Lipinski definition) is 3. The molecule has 0 radical (unpaired) electrons. The van der Waals surface area contributed by atoms with Crippen LogP contribution in [0.15, 0.2) is 48.7 Å². The third-order valence-electron chi connectivity index (χ3n) is 13.5. The number of hydrogen-bond acceptors (Lipinski definition) is 8. The highest BCUT2D eigenvalue weighted by Gasteiger charge is 2.43. The van der Waals surface area contributed by atoms with Crippen molar-refractivity contribution in [1.29, 1.82) is 0 Å². The van der Waals surface area contributed by atoms with Crippen LogP contribution < -0.4 is 10.1 Å². The number of benzene rings is 3. The number of carbonyl (C=O) groups is 3. The summed E-state index contributed by atoms with van der Waals surface area (Å²) in [6.07, 6.45) is 7.63. The van der Waals surface area contributed by atoms with Crippen LogP contribution in [-0.2, 0) is 25.7 Å². The number of aromatic nitrogens is 4. The summed E-state index contributed by atoms with van der Waals surface area (Å²) in [6.45, 7) is 10.0. The molecule has 310 valence electrons. The van der Waals surface area contributed by atoms with Crippen LogP contribution in [0.5, 0.6) is 5.75 Å². The number of aromatic amines is 2. The number of amides is 3. The Labute approximate surface area is 344 Å². The van der Waals surface area contributed by atoms with Gasteiger partial charge in [-0.15, -0.1) is 0 Å². The topological polar surface area (TPSA) is 155 Å². The van der Waals surface area contributed by atoms with Crippen LogP contribution in [0.2, 0.25) is 0 Å². The molecule has 5 aromatic rings. The summed E-state index contributed by atoms with van der Waals surface area (Å²) >= 11 is 0. The molecular formula is C46H55N7O6. The fourth-order valence-corrected chi connectivity index (χ4v) is 9.90. The lowest BCUT2D eigenvalue weighted by Crippen LogP contribution is -2.54. The van der Waals surface area contributed by atoms with Gasteiger partial charge in [-0.05, 0) is 111 Å². The van der Waals surface area contributed by atoms with E-state index in [1.807, 2.05) is 11.1 Å². The number of alkyl carbamates (subject to hydrolysis) is 1. The van der Waals surface area contributed by atoms with Gasteiger partial charge in [-0.3, -0.25) is 9.59 Å². The van der Waals surface area contributed by atoms with Gasteiger partial charge in [0.25, 0.3) is 0 Å². The summed E-state index contributed by atoms with van der Waals surface area (Å²) < 4.78 is 16.9. The highest BCUT2D eigenvalue weighted by atomic mass is 16.5. The van der Waals surface area contributed by atoms with E-state index >= 15 is 0 Å². The lowest BCUT2D eigenvalue weighted by Gasteiger charge is -2.36. The molecule has 0 aliphatic carbocycles. The molecule has 3 aromatic carbocycles. The van der Waals surface area contributed by atoms with Crippen LogP contribution in [0.4, 0.5) is 4.79 Å². The molecule has 6 atom stereocenters. The monoisotopic (exact) mass is 801 g/mol. The Kier molecular flexibility index (Phi) is 10.6. The first-order valence-corrected chi connectivity index (χ1v) is 21.4. The Hall–Kier alpha value is -5.43. The van der Waals surface area contributed by atoms with E-state index in [4.69, 9.17) is 24.2 Å². The number of nitrogens with one attached hydrogen (secondary N) is 3. The summed E-state index contributed by atoms with van der Waals surface area (Å²) in [7, 11) is 1.32. The van der Waals surface area contributed by atoms with Crippen LogP contribution >= 0.6 is 0 Å². The zero-order chi connectivity index (χ0) is 40.9. The Morgan fingerprint density at radius 1 is 0.915 bits per heavy atom. The second kappa shape index (κ2) is 16.0. The van der Waals surface area contributed by atoms with E-state index in [-0.39, 0.29) is 41.9 Å². The molecule has 9 rings (SSSR count). The first-order valence-electron chi connectivity index (χ1n) is 21.4. The van der Waals surface area contributed by atoms with Gasteiger partial charge < -0.3 is 39.3 Å². The molecule has 4 aliphatic heterocycles. The van der Waals surface area contributed by atoms with Crippen molar-refractivity contribution in [3.63, 3.8) is 0 Å². The number of ether oxygens (including phenoxy) is 3. The third kappa shape index (κ3) is 7.21. The predicted molar refractivity (Wildman–Crippen MR) is 224 cm³/mol. The van der Waals surface area contributed by atoms with Crippen molar-refractivity contribution in [2.45, 2.75) is 116 Å². The Balaban J connectivity index is 0.962. The van der Waals surface area contributed by atoms with Crippen molar-refractivity contribution in [3.8, 4) is 28.1 Å². The van der Waals surface area contributed by atoms with Crippen molar-refractivity contribution in [3.05, 3.63) is 65.9 Å². The first-order chi connectivity index (χ1) is 28.6. The summed E-state index contributed by atoms with van der Waals surface area (Å²) in [4.78, 5) is 61.1. The number of methoxy groups -OCH3 is 1. The van der Waals surface area contributed by atoms with Crippen molar-refractivity contribution in [2.75, 3.05) is 20.3 Å². The molecule has 13 nitrogen and oxygen atoms in total. The lowest BCUT2D eigenvalue weighted by molar-refractivity contribution is -0.138. The van der Waals surface area contributed by atoms with Crippen molar-refractivity contribution < 1.29 is 28.6 Å². The van der Waals surface area contributed by atoms with E-state index < -0.39 is 12.1 Å². The van der Waals surface area contributed by atoms with Gasteiger partial charge in [0.05, 0.1) is 42.1 Å². The quantitative estimate of drug-likeness (QED) is 0.134. The second-order valence-electron chi connectivity index (χ2n) is 17.2. The molecule has 0 bridgehead atoms. The van der Waals surface area contributed by atoms with Crippen LogP contribution in [0.1, 0.15) is 108 Å². The SMILES string of the molecule is CCC(C)CC(=O)N1C(c2nc3c(ccc4cc5c(cc43)OCc3cc(-c4cnc(C6CC[C@H](C)N6C(=O)C(NC(=O)OC)C6CCOCC6)[nH]4)ccc3-5)[nH]2)CC[C@@H]1C. The van der Waals surface area contributed by atoms with Gasteiger partial charge in [-0.1, -0.05) is 38.5 Å². The molecule has 4 unspecified atom stereocenters. The van der Waals surface area contributed by atoms with Gasteiger partial charge in [0.15, 0.2) is 0 Å². The third-order valence-corrected chi connectivity index (χ3v) is 13.5. The Bertz CT molecular complexity index is 2400. The van der Waals surface area contributed by atoms with E-state index in [1.165, 1.54) is 7.11 Å². The largest absolute Gasteiger partial charge is 0.488 e. The number of fused-ring (bicyclic) bond motifs is 6. The van der Waals surface area contributed by atoms with Crippen LogP contribution in [0.3, 0.4) is 0 Å². The smallest absolute Gasteiger partial charge is 0.407 e. The normalized spacial score (nSPS) is 22.9. The maximum Gasteiger partial charge on any atom is 0.407 e. The molecule has 3 N–H and O–H groups in total. The van der Waals surface area contributed by atoms with Gasteiger partial charge in [-0.25, -0.2) is 14.8 Å².